The van der Waals surface area contributed by atoms with Crippen LogP contribution in [0.1, 0.15) is 18.4 Å². The predicted octanol–water partition coefficient (Wildman–Crippen LogP) is 2.43. The van der Waals surface area contributed by atoms with Crippen LogP contribution in [0.3, 0.4) is 0 Å². The topological polar surface area (TPSA) is 149 Å². The molecule has 1 amide bonds. The number of rotatable bonds is 7. The number of carbonyl (C=O) groups is 1. The highest BCUT2D eigenvalue weighted by molar-refractivity contribution is 7.89. The van der Waals surface area contributed by atoms with Crippen LogP contribution in [0, 0.1) is 16.0 Å². The molecule has 1 unspecified atom stereocenters. The van der Waals surface area contributed by atoms with Crippen LogP contribution >= 0.6 is 11.3 Å². The number of amides is 1. The minimum absolute atomic E-state index is 0.0259. The first-order chi connectivity index (χ1) is 15.7. The highest BCUT2D eigenvalue weighted by atomic mass is 32.2. The molecule has 2 aromatic carbocycles. The molecule has 3 N–H and O–H groups in total. The van der Waals surface area contributed by atoms with Crippen LogP contribution in [-0.4, -0.2) is 43.9 Å². The fraction of sp³-hybridized carbons (Fsp3) is 0.333. The van der Waals surface area contributed by atoms with Gasteiger partial charge in [0.2, 0.25) is 15.9 Å². The average Bonchev–Trinajstić information content (AvgIpc) is 3.22. The summed E-state index contributed by atoms with van der Waals surface area (Å²) in [6.07, 6.45) is 2.17. The highest BCUT2D eigenvalue weighted by Gasteiger charge is 2.29. The van der Waals surface area contributed by atoms with Gasteiger partial charge in [0.05, 0.1) is 26.0 Å². The van der Waals surface area contributed by atoms with Gasteiger partial charge in [0.1, 0.15) is 0 Å². The molecule has 4 rings (SSSR count). The Balaban J connectivity index is 1.61. The Labute approximate surface area is 194 Å². The van der Waals surface area contributed by atoms with Gasteiger partial charge < -0.3 is 5.32 Å². The molecule has 1 atom stereocenters. The molecule has 3 aromatic rings. The lowest BCUT2D eigenvalue weighted by atomic mass is 9.98. The minimum Gasteiger partial charge on any atom is -0.316 e. The summed E-state index contributed by atoms with van der Waals surface area (Å²) in [6, 6.07) is 10.7. The monoisotopic (exact) mass is 489 g/mol. The molecule has 1 aliphatic rings. The van der Waals surface area contributed by atoms with Crippen molar-refractivity contribution in [2.75, 3.05) is 24.5 Å². The van der Waals surface area contributed by atoms with Crippen LogP contribution < -0.4 is 15.4 Å². The second-order valence-electron chi connectivity index (χ2n) is 7.88. The molecule has 1 aromatic heterocycles. The smallest absolute Gasteiger partial charge is 0.270 e. The molecule has 1 aliphatic heterocycles. The average molecular weight is 490 g/mol. The van der Waals surface area contributed by atoms with Gasteiger partial charge in [-0.15, -0.1) is 0 Å². The number of sulfonamides is 1. The van der Waals surface area contributed by atoms with Gasteiger partial charge in [-0.05, 0) is 49.6 Å². The normalized spacial score (nSPS) is 16.6. The number of nitro benzene ring substituents is 1. The maximum Gasteiger partial charge on any atom is 0.270 e. The third-order valence-electron chi connectivity index (χ3n) is 5.59. The Kier molecular flexibility index (Phi) is 6.70. The molecule has 12 heteroatoms. The number of piperidine rings is 1. The van der Waals surface area contributed by atoms with Gasteiger partial charge in [-0.25, -0.2) is 18.5 Å². The first-order valence-corrected chi connectivity index (χ1v) is 12.8. The Morgan fingerprint density at radius 2 is 2.03 bits per heavy atom. The van der Waals surface area contributed by atoms with E-state index in [4.69, 9.17) is 5.14 Å². The van der Waals surface area contributed by atoms with E-state index in [0.29, 0.717) is 34.9 Å². The van der Waals surface area contributed by atoms with Gasteiger partial charge >= 0.3 is 0 Å². The number of non-ortho nitro benzene ring substituents is 1. The molecule has 0 spiro atoms. The number of anilines is 1. The number of benzene rings is 2. The summed E-state index contributed by atoms with van der Waals surface area (Å²) in [6.45, 7) is 1.81. The van der Waals surface area contributed by atoms with Crippen molar-refractivity contribution in [3.63, 3.8) is 0 Å². The number of nitrogens with zero attached hydrogens (tertiary/aromatic N) is 3. The van der Waals surface area contributed by atoms with Gasteiger partial charge in [-0.2, -0.15) is 0 Å². The maximum atomic E-state index is 13.4. The third-order valence-corrected chi connectivity index (χ3v) is 7.56. The van der Waals surface area contributed by atoms with Gasteiger partial charge in [0.15, 0.2) is 5.13 Å². The summed E-state index contributed by atoms with van der Waals surface area (Å²) < 4.78 is 23.6. The van der Waals surface area contributed by atoms with E-state index >= 15 is 0 Å². The predicted molar refractivity (Wildman–Crippen MR) is 126 cm³/mol. The summed E-state index contributed by atoms with van der Waals surface area (Å²) in [5.74, 6) is -0.221. The summed E-state index contributed by atoms with van der Waals surface area (Å²) in [7, 11) is -3.77. The quantitative estimate of drug-likeness (QED) is 0.382. The molecular weight excluding hydrogens is 466 g/mol. The molecule has 0 aliphatic carbocycles. The molecule has 10 nitrogen and oxygen atoms in total. The zero-order valence-corrected chi connectivity index (χ0v) is 19.3. The molecule has 0 saturated carbocycles. The van der Waals surface area contributed by atoms with Gasteiger partial charge in [-0.1, -0.05) is 23.5 Å². The standard InChI is InChI=1S/C21H23N5O5S2/c22-33(30,31)17-6-3-14(4-7-17)9-11-25(20(27)15-2-1-10-23-13-15)21-24-18-8-5-16(26(28)29)12-19(18)32-21/h3-8,12,15,23H,1-2,9-11,13H2,(H2,22,30,31). The molecule has 1 saturated heterocycles. The van der Waals surface area contributed by atoms with Crippen molar-refractivity contribution in [2.24, 2.45) is 11.1 Å². The number of aromatic nitrogens is 1. The van der Waals surface area contributed by atoms with E-state index in [1.54, 1.807) is 23.1 Å². The first kappa shape index (κ1) is 23.2. The fourth-order valence-corrected chi connectivity index (χ4v) is 5.35. The molecule has 0 bridgehead atoms. The first-order valence-electron chi connectivity index (χ1n) is 10.4. The number of nitro groups is 1. The summed E-state index contributed by atoms with van der Waals surface area (Å²) in [5, 5.41) is 20.0. The zero-order valence-electron chi connectivity index (χ0n) is 17.6. The Morgan fingerprint density at radius 1 is 1.27 bits per heavy atom. The molecule has 174 valence electrons. The Hall–Kier alpha value is -2.93. The van der Waals surface area contributed by atoms with Crippen molar-refractivity contribution >= 4 is 48.3 Å². The number of fused-ring (bicyclic) bond motifs is 1. The van der Waals surface area contributed by atoms with Crippen molar-refractivity contribution in [2.45, 2.75) is 24.2 Å². The number of carbonyl (C=O) groups excluding carboxylic acids is 1. The van der Waals surface area contributed by atoms with Crippen molar-refractivity contribution in [1.82, 2.24) is 10.3 Å². The Morgan fingerprint density at radius 3 is 2.67 bits per heavy atom. The lowest BCUT2D eigenvalue weighted by molar-refractivity contribution is -0.384. The number of nitrogens with one attached hydrogen (secondary N) is 1. The van der Waals surface area contributed by atoms with Gasteiger partial charge in [-0.3, -0.25) is 19.8 Å². The molecule has 1 fully saturated rings. The lowest BCUT2D eigenvalue weighted by Crippen LogP contribution is -2.44. The number of nitrogens with two attached hydrogens (primary N) is 1. The highest BCUT2D eigenvalue weighted by Crippen LogP contribution is 2.32. The van der Waals surface area contributed by atoms with E-state index in [9.17, 15) is 23.3 Å². The van der Waals surface area contributed by atoms with E-state index in [2.05, 4.69) is 10.3 Å². The number of hydrogen-bond acceptors (Lipinski definition) is 8. The van der Waals surface area contributed by atoms with E-state index in [1.807, 2.05) is 0 Å². The van der Waals surface area contributed by atoms with E-state index in [-0.39, 0.29) is 22.4 Å². The van der Waals surface area contributed by atoms with E-state index < -0.39 is 14.9 Å². The van der Waals surface area contributed by atoms with E-state index in [0.717, 1.165) is 24.9 Å². The van der Waals surface area contributed by atoms with Crippen LogP contribution in [-0.2, 0) is 21.2 Å². The zero-order chi connectivity index (χ0) is 23.6. The summed E-state index contributed by atoms with van der Waals surface area (Å²) in [5.41, 5.74) is 1.42. The number of primary sulfonamides is 1. The van der Waals surface area contributed by atoms with Crippen molar-refractivity contribution in [3.05, 3.63) is 58.1 Å². The number of hydrogen-bond donors (Lipinski definition) is 2. The molecule has 0 radical (unpaired) electrons. The lowest BCUT2D eigenvalue weighted by Gasteiger charge is -2.28. The molecule has 33 heavy (non-hydrogen) atoms. The molecular formula is C21H23N5O5S2. The minimum atomic E-state index is -3.77. The molecule has 2 heterocycles. The van der Waals surface area contributed by atoms with Gasteiger partial charge in [0, 0.05) is 25.2 Å². The number of thiazole rings is 1. The second kappa shape index (κ2) is 9.51. The van der Waals surface area contributed by atoms with Crippen LogP contribution in [0.25, 0.3) is 10.2 Å². The largest absolute Gasteiger partial charge is 0.316 e. The summed E-state index contributed by atoms with van der Waals surface area (Å²) >= 11 is 1.24. The fourth-order valence-electron chi connectivity index (χ4n) is 3.80. The van der Waals surface area contributed by atoms with Crippen LogP contribution in [0.5, 0.6) is 0 Å². The van der Waals surface area contributed by atoms with Crippen LogP contribution in [0.4, 0.5) is 10.8 Å². The van der Waals surface area contributed by atoms with Crippen molar-refractivity contribution < 1.29 is 18.1 Å². The van der Waals surface area contributed by atoms with Gasteiger partial charge in [0.25, 0.3) is 5.69 Å². The van der Waals surface area contributed by atoms with Crippen molar-refractivity contribution in [3.8, 4) is 0 Å². The Bertz CT molecular complexity index is 1280. The summed E-state index contributed by atoms with van der Waals surface area (Å²) in [4.78, 5) is 30.3. The van der Waals surface area contributed by atoms with E-state index in [1.165, 1.54) is 35.6 Å². The van der Waals surface area contributed by atoms with Crippen molar-refractivity contribution in [1.29, 1.82) is 0 Å². The second-order valence-corrected chi connectivity index (χ2v) is 10.4. The third kappa shape index (κ3) is 5.36. The maximum absolute atomic E-state index is 13.4. The van der Waals surface area contributed by atoms with Crippen LogP contribution in [0.2, 0.25) is 0 Å². The van der Waals surface area contributed by atoms with Crippen LogP contribution in [0.15, 0.2) is 47.4 Å². The SMILES string of the molecule is NS(=O)(=O)c1ccc(CCN(C(=O)C2CCCNC2)c2nc3ccc([N+](=O)[O-])cc3s2)cc1.